The van der Waals surface area contributed by atoms with E-state index >= 15 is 0 Å². The summed E-state index contributed by atoms with van der Waals surface area (Å²) in [7, 11) is 0. The minimum Gasteiger partial charge on any atom is -0.349 e. The van der Waals surface area contributed by atoms with Gasteiger partial charge >= 0.3 is 0 Å². The highest BCUT2D eigenvalue weighted by Crippen LogP contribution is 2.25. The van der Waals surface area contributed by atoms with E-state index < -0.39 is 0 Å². The van der Waals surface area contributed by atoms with Gasteiger partial charge in [0.15, 0.2) is 0 Å². The Labute approximate surface area is 155 Å². The number of hydrogen-bond acceptors (Lipinski definition) is 4. The number of amides is 1. The SMILES string of the molecule is C[C@@H]1CN(Cc2ccccc2)C[C@H]1C(=O)NCc1ncnn1C(C)(C)C. The van der Waals surface area contributed by atoms with Gasteiger partial charge in [0.2, 0.25) is 5.91 Å². The molecule has 1 aromatic carbocycles. The second-order valence-electron chi connectivity index (χ2n) is 8.24. The summed E-state index contributed by atoms with van der Waals surface area (Å²) in [6.07, 6.45) is 1.55. The average molecular weight is 355 g/mol. The van der Waals surface area contributed by atoms with Crippen LogP contribution in [0, 0.1) is 11.8 Å². The molecule has 0 spiro atoms. The van der Waals surface area contributed by atoms with Crippen molar-refractivity contribution in [3.05, 3.63) is 48.0 Å². The number of nitrogens with one attached hydrogen (secondary N) is 1. The molecule has 1 aliphatic heterocycles. The third-order valence-corrected chi connectivity index (χ3v) is 4.95. The summed E-state index contributed by atoms with van der Waals surface area (Å²) in [5.74, 6) is 1.26. The Bertz CT molecular complexity index is 734. The molecule has 0 saturated carbocycles. The Morgan fingerprint density at radius 2 is 1.96 bits per heavy atom. The van der Waals surface area contributed by atoms with Crippen molar-refractivity contribution in [2.24, 2.45) is 11.8 Å². The zero-order valence-corrected chi connectivity index (χ0v) is 16.1. The van der Waals surface area contributed by atoms with Crippen LogP contribution in [0.5, 0.6) is 0 Å². The molecule has 6 heteroatoms. The van der Waals surface area contributed by atoms with Crippen LogP contribution in [0.3, 0.4) is 0 Å². The lowest BCUT2D eigenvalue weighted by Gasteiger charge is -2.22. The van der Waals surface area contributed by atoms with Gasteiger partial charge in [-0.2, -0.15) is 5.10 Å². The number of carbonyl (C=O) groups is 1. The highest BCUT2D eigenvalue weighted by molar-refractivity contribution is 5.79. The molecule has 0 bridgehead atoms. The van der Waals surface area contributed by atoms with Crippen molar-refractivity contribution in [3.8, 4) is 0 Å². The van der Waals surface area contributed by atoms with Crippen LogP contribution < -0.4 is 5.32 Å². The Morgan fingerprint density at radius 1 is 1.23 bits per heavy atom. The lowest BCUT2D eigenvalue weighted by atomic mass is 9.97. The molecule has 26 heavy (non-hydrogen) atoms. The second kappa shape index (κ2) is 7.58. The molecule has 1 fully saturated rings. The quantitative estimate of drug-likeness (QED) is 0.895. The van der Waals surface area contributed by atoms with Crippen LogP contribution in [-0.2, 0) is 23.4 Å². The van der Waals surface area contributed by atoms with Crippen molar-refractivity contribution in [1.82, 2.24) is 25.0 Å². The maximum Gasteiger partial charge on any atom is 0.225 e. The number of nitrogens with zero attached hydrogens (tertiary/aromatic N) is 4. The molecule has 1 aromatic heterocycles. The fraction of sp³-hybridized carbons (Fsp3) is 0.550. The van der Waals surface area contributed by atoms with Crippen LogP contribution >= 0.6 is 0 Å². The molecule has 1 N–H and O–H groups in total. The Hall–Kier alpha value is -2.21. The van der Waals surface area contributed by atoms with Crippen molar-refractivity contribution in [2.75, 3.05) is 13.1 Å². The molecule has 1 aliphatic rings. The van der Waals surface area contributed by atoms with Crippen LogP contribution in [0.1, 0.15) is 39.1 Å². The van der Waals surface area contributed by atoms with Gasteiger partial charge in [-0.05, 0) is 32.3 Å². The number of likely N-dealkylation sites (tertiary alicyclic amines) is 1. The minimum absolute atomic E-state index is 0.0183. The highest BCUT2D eigenvalue weighted by atomic mass is 16.2. The topological polar surface area (TPSA) is 63.1 Å². The third kappa shape index (κ3) is 4.30. The lowest BCUT2D eigenvalue weighted by Crippen LogP contribution is -2.36. The summed E-state index contributed by atoms with van der Waals surface area (Å²) in [5.41, 5.74) is 1.14. The first-order chi connectivity index (χ1) is 12.3. The van der Waals surface area contributed by atoms with Crippen molar-refractivity contribution in [2.45, 2.75) is 46.3 Å². The molecule has 0 unspecified atom stereocenters. The van der Waals surface area contributed by atoms with Crippen LogP contribution in [0.15, 0.2) is 36.7 Å². The van der Waals surface area contributed by atoms with E-state index in [2.05, 4.69) is 72.3 Å². The van der Waals surface area contributed by atoms with Crippen molar-refractivity contribution in [1.29, 1.82) is 0 Å². The monoisotopic (exact) mass is 355 g/mol. The first-order valence-corrected chi connectivity index (χ1v) is 9.28. The molecule has 1 amide bonds. The minimum atomic E-state index is -0.149. The van der Waals surface area contributed by atoms with E-state index in [0.717, 1.165) is 25.5 Å². The van der Waals surface area contributed by atoms with E-state index in [9.17, 15) is 4.79 Å². The molecule has 0 radical (unpaired) electrons. The number of benzene rings is 1. The lowest BCUT2D eigenvalue weighted by molar-refractivity contribution is -0.125. The molecule has 0 aliphatic carbocycles. The van der Waals surface area contributed by atoms with E-state index in [1.807, 2.05) is 10.7 Å². The average Bonchev–Trinajstić information content (AvgIpc) is 3.20. The number of aromatic nitrogens is 3. The van der Waals surface area contributed by atoms with Crippen molar-refractivity contribution >= 4 is 5.91 Å². The van der Waals surface area contributed by atoms with E-state index in [1.54, 1.807) is 6.33 Å². The van der Waals surface area contributed by atoms with Crippen LogP contribution in [0.4, 0.5) is 0 Å². The summed E-state index contributed by atoms with van der Waals surface area (Å²) >= 11 is 0. The van der Waals surface area contributed by atoms with Crippen molar-refractivity contribution in [3.63, 3.8) is 0 Å². The maximum absolute atomic E-state index is 12.7. The largest absolute Gasteiger partial charge is 0.349 e. The normalized spacial score (nSPS) is 21.1. The highest BCUT2D eigenvalue weighted by Gasteiger charge is 2.34. The van der Waals surface area contributed by atoms with Gasteiger partial charge in [0.05, 0.1) is 18.0 Å². The van der Waals surface area contributed by atoms with Crippen molar-refractivity contribution < 1.29 is 4.79 Å². The molecule has 2 atom stereocenters. The van der Waals surface area contributed by atoms with Gasteiger partial charge in [0, 0.05) is 19.6 Å². The van der Waals surface area contributed by atoms with Gasteiger partial charge in [0.25, 0.3) is 0 Å². The molecular formula is C20H29N5O. The van der Waals surface area contributed by atoms with E-state index in [-0.39, 0.29) is 17.4 Å². The predicted molar refractivity (Wildman–Crippen MR) is 101 cm³/mol. The predicted octanol–water partition coefficient (Wildman–Crippen LogP) is 2.42. The van der Waals surface area contributed by atoms with E-state index in [0.29, 0.717) is 12.5 Å². The summed E-state index contributed by atoms with van der Waals surface area (Å²) < 4.78 is 1.87. The zero-order chi connectivity index (χ0) is 18.7. The van der Waals surface area contributed by atoms with Gasteiger partial charge < -0.3 is 5.32 Å². The molecule has 6 nitrogen and oxygen atoms in total. The summed E-state index contributed by atoms with van der Waals surface area (Å²) in [6, 6.07) is 10.4. The molecule has 3 rings (SSSR count). The van der Waals surface area contributed by atoms with Crippen LogP contribution in [0.25, 0.3) is 0 Å². The Kier molecular flexibility index (Phi) is 5.41. The molecule has 2 aromatic rings. The van der Waals surface area contributed by atoms with Gasteiger partial charge in [-0.15, -0.1) is 0 Å². The van der Waals surface area contributed by atoms with E-state index in [1.165, 1.54) is 5.56 Å². The van der Waals surface area contributed by atoms with Gasteiger partial charge in [-0.1, -0.05) is 37.3 Å². The maximum atomic E-state index is 12.7. The molecule has 1 saturated heterocycles. The third-order valence-electron chi connectivity index (χ3n) is 4.95. The smallest absolute Gasteiger partial charge is 0.225 e. The first-order valence-electron chi connectivity index (χ1n) is 9.28. The number of rotatable bonds is 5. The Balaban J connectivity index is 1.56. The summed E-state index contributed by atoms with van der Waals surface area (Å²) in [4.78, 5) is 19.4. The summed E-state index contributed by atoms with van der Waals surface area (Å²) in [5, 5.41) is 7.35. The van der Waals surface area contributed by atoms with Crippen LogP contribution in [0.2, 0.25) is 0 Å². The first kappa shape index (κ1) is 18.6. The number of carbonyl (C=O) groups excluding carboxylic acids is 1. The Morgan fingerprint density at radius 3 is 2.65 bits per heavy atom. The fourth-order valence-corrected chi connectivity index (χ4v) is 3.62. The van der Waals surface area contributed by atoms with Gasteiger partial charge in [-0.3, -0.25) is 9.69 Å². The van der Waals surface area contributed by atoms with Gasteiger partial charge in [0.1, 0.15) is 12.2 Å². The number of hydrogen-bond donors (Lipinski definition) is 1. The fourth-order valence-electron chi connectivity index (χ4n) is 3.62. The standard InChI is InChI=1S/C20H29N5O/c1-15-11-24(12-16-8-6-5-7-9-16)13-17(15)19(26)21-10-18-22-14-23-25(18)20(2,3)4/h5-9,14-15,17H,10-13H2,1-4H3,(H,21,26)/t15-,17-/m1/s1. The van der Waals surface area contributed by atoms with Crippen LogP contribution in [-0.4, -0.2) is 38.7 Å². The zero-order valence-electron chi connectivity index (χ0n) is 16.1. The summed E-state index contributed by atoms with van der Waals surface area (Å²) in [6.45, 7) is 11.5. The molecular weight excluding hydrogens is 326 g/mol. The van der Waals surface area contributed by atoms with Gasteiger partial charge in [-0.25, -0.2) is 9.67 Å². The molecule has 140 valence electrons. The molecule has 2 heterocycles. The second-order valence-corrected chi connectivity index (χ2v) is 8.24. The van der Waals surface area contributed by atoms with E-state index in [4.69, 9.17) is 0 Å².